The molecule has 0 fully saturated rings. The van der Waals surface area contributed by atoms with E-state index in [2.05, 4.69) is 0 Å². The number of anilines is 1. The van der Waals surface area contributed by atoms with Gasteiger partial charge in [-0.3, -0.25) is 20.2 Å². The van der Waals surface area contributed by atoms with Crippen LogP contribution in [0, 0.1) is 30.3 Å². The number of rotatable bonds is 4. The van der Waals surface area contributed by atoms with Crippen LogP contribution >= 0.6 is 0 Å². The van der Waals surface area contributed by atoms with Crippen molar-refractivity contribution >= 4 is 17.1 Å². The van der Waals surface area contributed by atoms with E-state index in [1.807, 2.05) is 0 Å². The normalized spacial score (nSPS) is 9.50. The highest BCUT2D eigenvalue weighted by Crippen LogP contribution is 2.25. The second kappa shape index (κ2) is 4.16. The maximum atomic E-state index is 10.4. The van der Waals surface area contributed by atoms with Gasteiger partial charge in [-0.15, -0.1) is 5.43 Å². The topological polar surface area (TPSA) is 141 Å². The number of nitrogens with one attached hydrogen (secondary N) is 1. The lowest BCUT2D eigenvalue weighted by molar-refractivity contribution is -0.445. The highest BCUT2D eigenvalue weighted by atomic mass is 16.7. The monoisotopic (exact) mass is 228 g/mol. The number of hydrazine groups is 1. The van der Waals surface area contributed by atoms with E-state index in [9.17, 15) is 30.3 Å². The molecule has 1 aromatic carbocycles. The smallest absolute Gasteiger partial charge is 0.258 e. The van der Waals surface area contributed by atoms with Crippen LogP contribution in [0.25, 0.3) is 0 Å². The van der Waals surface area contributed by atoms with Gasteiger partial charge < -0.3 is 0 Å². The van der Waals surface area contributed by atoms with E-state index >= 15 is 0 Å². The Bertz CT molecular complexity index is 440. The van der Waals surface area contributed by atoms with Gasteiger partial charge in [0.1, 0.15) is 5.69 Å². The number of nitro benzene ring substituents is 2. The largest absolute Gasteiger partial charge is 0.278 e. The van der Waals surface area contributed by atoms with E-state index in [0.29, 0.717) is 6.07 Å². The molecule has 1 N–H and O–H groups in total. The van der Waals surface area contributed by atoms with Gasteiger partial charge in [0.15, 0.2) is 5.03 Å². The third-order valence-corrected chi connectivity index (χ3v) is 1.54. The molecule has 1 aromatic rings. The molecule has 0 atom stereocenters. The van der Waals surface area contributed by atoms with Crippen LogP contribution in [0.15, 0.2) is 18.2 Å². The van der Waals surface area contributed by atoms with Crippen LogP contribution < -0.4 is 5.43 Å². The molecule has 0 aliphatic carbocycles. The van der Waals surface area contributed by atoms with E-state index in [-0.39, 0.29) is 5.69 Å². The Labute approximate surface area is 86.9 Å². The second-order valence-electron chi connectivity index (χ2n) is 2.62. The van der Waals surface area contributed by atoms with Gasteiger partial charge in [0.05, 0.1) is 15.9 Å². The maximum absolute atomic E-state index is 10.4. The van der Waals surface area contributed by atoms with Gasteiger partial charge in [0.25, 0.3) is 11.4 Å². The van der Waals surface area contributed by atoms with E-state index in [1.54, 1.807) is 5.43 Å². The lowest BCUT2D eigenvalue weighted by Gasteiger charge is -1.98. The summed E-state index contributed by atoms with van der Waals surface area (Å²) in [5.74, 6) is 0. The lowest BCUT2D eigenvalue weighted by atomic mass is 10.2. The molecule has 0 aliphatic heterocycles. The third kappa shape index (κ3) is 2.60. The zero-order valence-electron chi connectivity index (χ0n) is 7.52. The second-order valence-corrected chi connectivity index (χ2v) is 2.62. The fourth-order valence-electron chi connectivity index (χ4n) is 0.976. The van der Waals surface area contributed by atoms with Gasteiger partial charge in [0, 0.05) is 12.1 Å². The first kappa shape index (κ1) is 11.3. The molecule has 0 bridgehead atoms. The fraction of sp³-hybridized carbons (Fsp3) is 0. The van der Waals surface area contributed by atoms with Crippen molar-refractivity contribution in [3.05, 3.63) is 48.5 Å². The minimum absolute atomic E-state index is 0.328. The van der Waals surface area contributed by atoms with Crippen LogP contribution in [0.4, 0.5) is 17.1 Å². The molecular weight excluding hydrogens is 224 g/mol. The highest BCUT2D eigenvalue weighted by Gasteiger charge is 2.17. The molecule has 0 aliphatic rings. The summed E-state index contributed by atoms with van der Waals surface area (Å²) in [5, 5.41) is 29.9. The SMILES string of the molecule is O=[N+]([O-])Nc1cc([N+](=O)[O-])cc([N+](=O)[O-])c1. The average molecular weight is 228 g/mol. The van der Waals surface area contributed by atoms with Crippen molar-refractivity contribution in [2.45, 2.75) is 0 Å². The van der Waals surface area contributed by atoms with Crippen molar-refractivity contribution in [3.8, 4) is 0 Å². The quantitative estimate of drug-likeness (QED) is 0.600. The molecular formula is C6H4N4O6. The Morgan fingerprint density at radius 1 is 0.875 bits per heavy atom. The molecule has 10 nitrogen and oxygen atoms in total. The number of benzene rings is 1. The molecule has 84 valence electrons. The molecule has 0 radical (unpaired) electrons. The number of hydrogen-bond acceptors (Lipinski definition) is 6. The van der Waals surface area contributed by atoms with Crippen molar-refractivity contribution in [3.63, 3.8) is 0 Å². The Morgan fingerprint density at radius 2 is 1.31 bits per heavy atom. The van der Waals surface area contributed by atoms with Gasteiger partial charge in [-0.05, 0) is 0 Å². The summed E-state index contributed by atoms with van der Waals surface area (Å²) in [6.45, 7) is 0. The Balaban J connectivity index is 3.23. The van der Waals surface area contributed by atoms with Crippen molar-refractivity contribution in [1.82, 2.24) is 0 Å². The number of non-ortho nitro benzene ring substituents is 2. The first-order chi connectivity index (χ1) is 7.40. The van der Waals surface area contributed by atoms with Crippen LogP contribution in [0.3, 0.4) is 0 Å². The summed E-state index contributed by atoms with van der Waals surface area (Å²) < 4.78 is 0. The Hall–Kier alpha value is -2.78. The molecule has 0 heterocycles. The Kier molecular flexibility index (Phi) is 2.94. The molecule has 16 heavy (non-hydrogen) atoms. The van der Waals surface area contributed by atoms with Crippen molar-refractivity contribution in [1.29, 1.82) is 0 Å². The molecule has 1 rings (SSSR count). The first-order valence-corrected chi connectivity index (χ1v) is 3.75. The zero-order chi connectivity index (χ0) is 12.3. The van der Waals surface area contributed by atoms with Crippen LogP contribution in [0.1, 0.15) is 0 Å². The van der Waals surface area contributed by atoms with E-state index in [0.717, 1.165) is 12.1 Å². The standard InChI is InChI=1S/C6H4N4O6/c11-8(12)5-1-4(7-10(15)16)2-6(3-5)9(13)14/h1-3,7H. The maximum Gasteiger partial charge on any atom is 0.278 e. The lowest BCUT2D eigenvalue weighted by Crippen LogP contribution is -2.08. The molecule has 0 unspecified atom stereocenters. The van der Waals surface area contributed by atoms with Crippen molar-refractivity contribution < 1.29 is 14.9 Å². The molecule has 0 saturated carbocycles. The zero-order valence-corrected chi connectivity index (χ0v) is 7.52. The van der Waals surface area contributed by atoms with Crippen molar-refractivity contribution in [2.75, 3.05) is 5.43 Å². The minimum Gasteiger partial charge on any atom is -0.258 e. The summed E-state index contributed by atoms with van der Waals surface area (Å²) in [4.78, 5) is 29.1. The van der Waals surface area contributed by atoms with Crippen LogP contribution in [-0.4, -0.2) is 14.9 Å². The summed E-state index contributed by atoms with van der Waals surface area (Å²) >= 11 is 0. The van der Waals surface area contributed by atoms with E-state index in [4.69, 9.17) is 0 Å². The summed E-state index contributed by atoms with van der Waals surface area (Å²) in [6, 6.07) is 2.37. The predicted molar refractivity (Wildman–Crippen MR) is 50.4 cm³/mol. The predicted octanol–water partition coefficient (Wildman–Crippen LogP) is 1.11. The summed E-state index contributed by atoms with van der Waals surface area (Å²) in [5.41, 5.74) is 0.0836. The minimum atomic E-state index is -0.969. The highest BCUT2D eigenvalue weighted by molar-refractivity contribution is 5.57. The third-order valence-electron chi connectivity index (χ3n) is 1.54. The average Bonchev–Trinajstić information content (AvgIpc) is 2.15. The molecule has 10 heteroatoms. The molecule has 0 saturated heterocycles. The van der Waals surface area contributed by atoms with Gasteiger partial charge in [-0.1, -0.05) is 0 Å². The molecule has 0 amide bonds. The van der Waals surface area contributed by atoms with Crippen LogP contribution in [0.2, 0.25) is 0 Å². The van der Waals surface area contributed by atoms with Crippen LogP contribution in [-0.2, 0) is 0 Å². The fourth-order valence-corrected chi connectivity index (χ4v) is 0.976. The molecule has 0 spiro atoms. The number of nitro groups is 3. The number of hydrogen-bond donors (Lipinski definition) is 1. The van der Waals surface area contributed by atoms with Crippen LogP contribution in [0.5, 0.6) is 0 Å². The first-order valence-electron chi connectivity index (χ1n) is 3.75. The van der Waals surface area contributed by atoms with Gasteiger partial charge >= 0.3 is 0 Å². The van der Waals surface area contributed by atoms with E-state index in [1.165, 1.54) is 0 Å². The van der Waals surface area contributed by atoms with Gasteiger partial charge in [-0.25, -0.2) is 10.1 Å². The Morgan fingerprint density at radius 3 is 1.62 bits per heavy atom. The van der Waals surface area contributed by atoms with Gasteiger partial charge in [0.2, 0.25) is 0 Å². The van der Waals surface area contributed by atoms with Crippen molar-refractivity contribution in [2.24, 2.45) is 0 Å². The molecule has 0 aromatic heterocycles. The summed E-state index contributed by atoms with van der Waals surface area (Å²) in [7, 11) is 0. The van der Waals surface area contributed by atoms with Gasteiger partial charge in [-0.2, -0.15) is 0 Å². The summed E-state index contributed by atoms with van der Waals surface area (Å²) in [6.07, 6.45) is 0. The number of nitrogens with zero attached hydrogens (tertiary/aromatic N) is 3. The van der Waals surface area contributed by atoms with E-state index < -0.39 is 26.3 Å².